The van der Waals surface area contributed by atoms with Crippen molar-refractivity contribution in [2.75, 3.05) is 25.4 Å². The van der Waals surface area contributed by atoms with Gasteiger partial charge in [0.2, 0.25) is 0 Å². The molecule has 1 fully saturated rings. The molecule has 1 saturated heterocycles. The summed E-state index contributed by atoms with van der Waals surface area (Å²) in [5, 5.41) is 0.986. The van der Waals surface area contributed by atoms with Crippen LogP contribution >= 0.6 is 22.9 Å². The van der Waals surface area contributed by atoms with Gasteiger partial charge in [0, 0.05) is 41.3 Å². The van der Waals surface area contributed by atoms with Crippen molar-refractivity contribution in [2.45, 2.75) is 12.6 Å². The van der Waals surface area contributed by atoms with Gasteiger partial charge in [0.15, 0.2) is 5.13 Å². The molecule has 3 rings (SSSR count). The highest BCUT2D eigenvalue weighted by molar-refractivity contribution is 7.15. The number of hydrogen-bond acceptors (Lipinski definition) is 5. The third-order valence-electron chi connectivity index (χ3n) is 3.41. The van der Waals surface area contributed by atoms with E-state index in [0.29, 0.717) is 23.3 Å². The summed E-state index contributed by atoms with van der Waals surface area (Å²) in [6.45, 7) is 2.95. The van der Waals surface area contributed by atoms with Gasteiger partial charge < -0.3 is 10.5 Å². The molecule has 1 unspecified atom stereocenters. The molecule has 2 aromatic rings. The Morgan fingerprint density at radius 3 is 3.10 bits per heavy atom. The van der Waals surface area contributed by atoms with E-state index in [1.807, 2.05) is 0 Å². The molecule has 1 atom stereocenters. The fraction of sp³-hybridized carbons (Fsp3) is 0.357. The van der Waals surface area contributed by atoms with Crippen LogP contribution in [-0.4, -0.2) is 29.6 Å². The predicted molar refractivity (Wildman–Crippen MR) is 81.9 cm³/mol. The summed E-state index contributed by atoms with van der Waals surface area (Å²) in [6.07, 6.45) is 1.66. The van der Waals surface area contributed by atoms with Gasteiger partial charge in [-0.2, -0.15) is 0 Å². The van der Waals surface area contributed by atoms with Crippen molar-refractivity contribution < 1.29 is 9.13 Å². The zero-order valence-corrected chi connectivity index (χ0v) is 12.8. The molecule has 7 heteroatoms. The molecule has 0 bridgehead atoms. The number of nitrogen functional groups attached to an aromatic ring is 1. The molecule has 112 valence electrons. The van der Waals surface area contributed by atoms with Crippen LogP contribution < -0.4 is 5.73 Å². The van der Waals surface area contributed by atoms with Gasteiger partial charge >= 0.3 is 0 Å². The monoisotopic (exact) mass is 327 g/mol. The fourth-order valence-electron chi connectivity index (χ4n) is 2.41. The third kappa shape index (κ3) is 3.52. The topological polar surface area (TPSA) is 51.4 Å². The van der Waals surface area contributed by atoms with Crippen molar-refractivity contribution in [3.8, 4) is 0 Å². The minimum atomic E-state index is -0.337. The van der Waals surface area contributed by atoms with Crippen LogP contribution in [0.1, 0.15) is 16.5 Å². The maximum absolute atomic E-state index is 13.1. The summed E-state index contributed by atoms with van der Waals surface area (Å²) >= 11 is 7.60. The Bertz CT molecular complexity index is 636. The van der Waals surface area contributed by atoms with Crippen LogP contribution in [0.15, 0.2) is 24.4 Å². The van der Waals surface area contributed by atoms with E-state index in [4.69, 9.17) is 22.1 Å². The van der Waals surface area contributed by atoms with Gasteiger partial charge in [-0.1, -0.05) is 17.7 Å². The van der Waals surface area contributed by atoms with E-state index in [0.717, 1.165) is 23.5 Å². The minimum Gasteiger partial charge on any atom is -0.375 e. The van der Waals surface area contributed by atoms with Crippen molar-refractivity contribution in [3.63, 3.8) is 0 Å². The number of hydrogen-bond donors (Lipinski definition) is 1. The third-order valence-corrected chi connectivity index (χ3v) is 4.55. The molecule has 4 nitrogen and oxygen atoms in total. The first kappa shape index (κ1) is 14.7. The highest BCUT2D eigenvalue weighted by Crippen LogP contribution is 2.30. The van der Waals surface area contributed by atoms with Crippen molar-refractivity contribution in [3.05, 3.63) is 45.7 Å². The standard InChI is InChI=1S/C14H15ClFN3OS/c15-12-5-9(16)1-2-11(12)13-8-19(3-4-20-13)7-10-6-18-14(17)21-10/h1-2,5-6,13H,3-4,7-8H2,(H2,17,18). The van der Waals surface area contributed by atoms with E-state index < -0.39 is 0 Å². The summed E-state index contributed by atoms with van der Waals surface area (Å²) in [5.74, 6) is -0.337. The molecule has 0 aliphatic carbocycles. The van der Waals surface area contributed by atoms with E-state index in [1.54, 1.807) is 12.3 Å². The fourth-order valence-corrected chi connectivity index (χ4v) is 3.43. The Morgan fingerprint density at radius 1 is 1.52 bits per heavy atom. The molecular weight excluding hydrogens is 313 g/mol. The van der Waals surface area contributed by atoms with Gasteiger partial charge in [0.25, 0.3) is 0 Å². The lowest BCUT2D eigenvalue weighted by Crippen LogP contribution is -2.37. The average Bonchev–Trinajstić information content (AvgIpc) is 2.84. The van der Waals surface area contributed by atoms with Gasteiger partial charge in [0.05, 0.1) is 12.7 Å². The second kappa shape index (κ2) is 6.27. The Balaban J connectivity index is 1.70. The molecule has 0 radical (unpaired) electrons. The molecule has 0 saturated carbocycles. The zero-order chi connectivity index (χ0) is 14.8. The second-order valence-corrected chi connectivity index (χ2v) is 6.48. The van der Waals surface area contributed by atoms with Crippen LogP contribution in [-0.2, 0) is 11.3 Å². The lowest BCUT2D eigenvalue weighted by atomic mass is 10.1. The Labute approximate surface area is 131 Å². The predicted octanol–water partition coefficient (Wildman–Crippen LogP) is 3.09. The molecule has 1 aromatic heterocycles. The van der Waals surface area contributed by atoms with Crippen LogP contribution in [0.2, 0.25) is 5.02 Å². The van der Waals surface area contributed by atoms with Crippen molar-refractivity contribution in [2.24, 2.45) is 0 Å². The molecule has 21 heavy (non-hydrogen) atoms. The van der Waals surface area contributed by atoms with Gasteiger partial charge in [0.1, 0.15) is 5.82 Å². The highest BCUT2D eigenvalue weighted by Gasteiger charge is 2.24. The van der Waals surface area contributed by atoms with E-state index in [1.165, 1.54) is 23.5 Å². The maximum Gasteiger partial charge on any atom is 0.180 e. The van der Waals surface area contributed by atoms with Gasteiger partial charge in [-0.25, -0.2) is 9.37 Å². The minimum absolute atomic E-state index is 0.142. The normalized spacial score (nSPS) is 19.8. The molecule has 1 aliphatic heterocycles. The van der Waals surface area contributed by atoms with E-state index in [9.17, 15) is 4.39 Å². The van der Waals surface area contributed by atoms with Crippen LogP contribution in [0.5, 0.6) is 0 Å². The van der Waals surface area contributed by atoms with Crippen molar-refractivity contribution in [1.29, 1.82) is 0 Å². The van der Waals surface area contributed by atoms with Crippen LogP contribution in [0.3, 0.4) is 0 Å². The van der Waals surface area contributed by atoms with E-state index in [2.05, 4.69) is 9.88 Å². The average molecular weight is 328 g/mol. The van der Waals surface area contributed by atoms with Gasteiger partial charge in [-0.15, -0.1) is 11.3 Å². The number of benzene rings is 1. The maximum atomic E-state index is 13.1. The molecule has 1 aromatic carbocycles. The molecule has 2 N–H and O–H groups in total. The Morgan fingerprint density at radius 2 is 2.38 bits per heavy atom. The molecule has 2 heterocycles. The van der Waals surface area contributed by atoms with E-state index >= 15 is 0 Å². The second-order valence-electron chi connectivity index (χ2n) is 4.93. The number of nitrogens with two attached hydrogens (primary N) is 1. The van der Waals surface area contributed by atoms with Crippen molar-refractivity contribution >= 4 is 28.1 Å². The summed E-state index contributed by atoms with van der Waals surface area (Å²) < 4.78 is 18.9. The van der Waals surface area contributed by atoms with Crippen LogP contribution in [0, 0.1) is 5.82 Å². The smallest absolute Gasteiger partial charge is 0.180 e. The summed E-state index contributed by atoms with van der Waals surface area (Å²) in [6, 6.07) is 4.42. The van der Waals surface area contributed by atoms with Gasteiger partial charge in [-0.3, -0.25) is 4.90 Å². The van der Waals surface area contributed by atoms with E-state index in [-0.39, 0.29) is 11.9 Å². The van der Waals surface area contributed by atoms with Crippen LogP contribution in [0.25, 0.3) is 0 Å². The number of rotatable bonds is 3. The summed E-state index contributed by atoms with van der Waals surface area (Å²) in [4.78, 5) is 7.45. The number of anilines is 1. The Hall–Kier alpha value is -1.21. The quantitative estimate of drug-likeness (QED) is 0.941. The molecule has 1 aliphatic rings. The van der Waals surface area contributed by atoms with Crippen LogP contribution in [0.4, 0.5) is 9.52 Å². The zero-order valence-electron chi connectivity index (χ0n) is 11.3. The first-order chi connectivity index (χ1) is 10.1. The number of ether oxygens (including phenoxy) is 1. The molecule has 0 amide bonds. The van der Waals surface area contributed by atoms with Gasteiger partial charge in [-0.05, 0) is 12.1 Å². The number of morpholine rings is 1. The molecular formula is C14H15ClFN3OS. The largest absolute Gasteiger partial charge is 0.375 e. The SMILES string of the molecule is Nc1ncc(CN2CCOC(c3ccc(F)cc3Cl)C2)s1. The molecule has 0 spiro atoms. The Kier molecular flexibility index (Phi) is 4.40. The first-order valence-corrected chi connectivity index (χ1v) is 7.80. The lowest BCUT2D eigenvalue weighted by Gasteiger charge is -2.33. The van der Waals surface area contributed by atoms with Crippen molar-refractivity contribution in [1.82, 2.24) is 9.88 Å². The number of nitrogens with zero attached hydrogens (tertiary/aromatic N) is 2. The number of aromatic nitrogens is 1. The summed E-state index contributed by atoms with van der Waals surface area (Å²) in [7, 11) is 0. The highest BCUT2D eigenvalue weighted by atomic mass is 35.5. The number of thiazole rings is 1. The number of halogens is 2. The lowest BCUT2D eigenvalue weighted by molar-refractivity contribution is -0.0326. The first-order valence-electron chi connectivity index (χ1n) is 6.61. The summed E-state index contributed by atoms with van der Waals surface area (Å²) in [5.41, 5.74) is 6.47.